The first-order valence-corrected chi connectivity index (χ1v) is 7.78. The SMILES string of the molecule is CC(C(=O)NCCc1cccc(Cl)c1)C(N)c1ccccc1.Cl. The number of rotatable bonds is 6. The Morgan fingerprint density at radius 3 is 2.52 bits per heavy atom. The van der Waals surface area contributed by atoms with Crippen LogP contribution in [0.2, 0.25) is 5.02 Å². The summed E-state index contributed by atoms with van der Waals surface area (Å²) in [5.74, 6) is -0.305. The maximum Gasteiger partial charge on any atom is 0.224 e. The maximum atomic E-state index is 12.2. The number of amides is 1. The van der Waals surface area contributed by atoms with Gasteiger partial charge in [-0.05, 0) is 29.7 Å². The minimum Gasteiger partial charge on any atom is -0.355 e. The van der Waals surface area contributed by atoms with Gasteiger partial charge in [-0.25, -0.2) is 0 Å². The zero-order chi connectivity index (χ0) is 15.9. The molecule has 5 heteroatoms. The lowest BCUT2D eigenvalue weighted by molar-refractivity contribution is -0.125. The summed E-state index contributed by atoms with van der Waals surface area (Å²) in [6.45, 7) is 2.43. The van der Waals surface area contributed by atoms with E-state index in [1.165, 1.54) is 0 Å². The number of benzene rings is 2. The van der Waals surface area contributed by atoms with Crippen molar-refractivity contribution >= 4 is 29.9 Å². The highest BCUT2D eigenvalue weighted by Crippen LogP contribution is 2.19. The van der Waals surface area contributed by atoms with Crippen LogP contribution in [0.15, 0.2) is 54.6 Å². The molecule has 0 fully saturated rings. The van der Waals surface area contributed by atoms with Crippen molar-refractivity contribution < 1.29 is 4.79 Å². The van der Waals surface area contributed by atoms with Gasteiger partial charge in [0.2, 0.25) is 5.91 Å². The van der Waals surface area contributed by atoms with Gasteiger partial charge in [0.25, 0.3) is 0 Å². The lowest BCUT2D eigenvalue weighted by Gasteiger charge is -2.19. The molecule has 23 heavy (non-hydrogen) atoms. The Morgan fingerprint density at radius 1 is 1.17 bits per heavy atom. The number of halogens is 2. The molecule has 124 valence electrons. The van der Waals surface area contributed by atoms with Crippen LogP contribution in [0.3, 0.4) is 0 Å². The molecule has 0 aliphatic rings. The Labute approximate surface area is 148 Å². The highest BCUT2D eigenvalue weighted by molar-refractivity contribution is 6.30. The minimum absolute atomic E-state index is 0. The van der Waals surface area contributed by atoms with Crippen molar-refractivity contribution in [2.45, 2.75) is 19.4 Å². The van der Waals surface area contributed by atoms with E-state index < -0.39 is 0 Å². The Morgan fingerprint density at radius 2 is 1.87 bits per heavy atom. The first-order chi connectivity index (χ1) is 10.6. The molecule has 0 aromatic heterocycles. The summed E-state index contributed by atoms with van der Waals surface area (Å²) in [6, 6.07) is 17.0. The second-order valence-electron chi connectivity index (χ2n) is 5.40. The first kappa shape index (κ1) is 19.5. The van der Waals surface area contributed by atoms with Crippen LogP contribution in [0.25, 0.3) is 0 Å². The molecule has 0 radical (unpaired) electrons. The van der Waals surface area contributed by atoms with Gasteiger partial charge in [-0.1, -0.05) is 61.0 Å². The van der Waals surface area contributed by atoms with E-state index in [4.69, 9.17) is 17.3 Å². The van der Waals surface area contributed by atoms with Crippen molar-refractivity contribution in [1.82, 2.24) is 5.32 Å². The molecule has 1 amide bonds. The van der Waals surface area contributed by atoms with E-state index in [1.54, 1.807) is 0 Å². The van der Waals surface area contributed by atoms with Crippen LogP contribution in [0.5, 0.6) is 0 Å². The summed E-state index contributed by atoms with van der Waals surface area (Å²) in [7, 11) is 0. The van der Waals surface area contributed by atoms with Crippen molar-refractivity contribution in [2.24, 2.45) is 11.7 Å². The molecular formula is C18H22Cl2N2O. The summed E-state index contributed by atoms with van der Waals surface area (Å²) < 4.78 is 0. The van der Waals surface area contributed by atoms with Crippen LogP contribution in [-0.4, -0.2) is 12.5 Å². The zero-order valence-electron chi connectivity index (χ0n) is 13.0. The maximum absolute atomic E-state index is 12.2. The fraction of sp³-hybridized carbons (Fsp3) is 0.278. The molecule has 2 atom stereocenters. The summed E-state index contributed by atoms with van der Waals surface area (Å²) in [4.78, 5) is 12.2. The van der Waals surface area contributed by atoms with E-state index in [-0.39, 0.29) is 30.3 Å². The molecular weight excluding hydrogens is 331 g/mol. The molecule has 0 saturated carbocycles. The molecule has 2 aromatic carbocycles. The van der Waals surface area contributed by atoms with Gasteiger partial charge < -0.3 is 11.1 Å². The standard InChI is InChI=1S/C18H21ClN2O.ClH/c1-13(17(20)15-7-3-2-4-8-15)18(22)21-11-10-14-6-5-9-16(19)12-14;/h2-9,12-13,17H,10-11,20H2,1H3,(H,21,22);1H. The third-order valence-electron chi connectivity index (χ3n) is 3.74. The van der Waals surface area contributed by atoms with Gasteiger partial charge in [-0.3, -0.25) is 4.79 Å². The molecule has 2 unspecified atom stereocenters. The van der Waals surface area contributed by atoms with Gasteiger partial charge in [-0.2, -0.15) is 0 Å². The van der Waals surface area contributed by atoms with E-state index >= 15 is 0 Å². The van der Waals surface area contributed by atoms with Crippen molar-refractivity contribution in [1.29, 1.82) is 0 Å². The summed E-state index contributed by atoms with van der Waals surface area (Å²) in [5.41, 5.74) is 8.24. The molecule has 0 heterocycles. The monoisotopic (exact) mass is 352 g/mol. The third-order valence-corrected chi connectivity index (χ3v) is 3.97. The van der Waals surface area contributed by atoms with Crippen LogP contribution in [-0.2, 0) is 11.2 Å². The highest BCUT2D eigenvalue weighted by atomic mass is 35.5. The van der Waals surface area contributed by atoms with Gasteiger partial charge in [-0.15, -0.1) is 12.4 Å². The van der Waals surface area contributed by atoms with Crippen molar-refractivity contribution in [3.05, 3.63) is 70.7 Å². The van der Waals surface area contributed by atoms with Crippen LogP contribution >= 0.6 is 24.0 Å². The quantitative estimate of drug-likeness (QED) is 0.831. The van der Waals surface area contributed by atoms with Gasteiger partial charge >= 0.3 is 0 Å². The van der Waals surface area contributed by atoms with Crippen LogP contribution < -0.4 is 11.1 Å². The Kier molecular flexibility index (Phi) is 8.10. The zero-order valence-corrected chi connectivity index (χ0v) is 14.6. The van der Waals surface area contributed by atoms with E-state index in [9.17, 15) is 4.79 Å². The average Bonchev–Trinajstić information content (AvgIpc) is 2.54. The number of carbonyl (C=O) groups is 1. The molecule has 2 aromatic rings. The summed E-state index contributed by atoms with van der Waals surface area (Å²) >= 11 is 5.94. The molecule has 3 nitrogen and oxygen atoms in total. The smallest absolute Gasteiger partial charge is 0.224 e. The molecule has 0 spiro atoms. The number of hydrogen-bond donors (Lipinski definition) is 2. The minimum atomic E-state index is -0.299. The van der Waals surface area contributed by atoms with Crippen molar-refractivity contribution in [3.63, 3.8) is 0 Å². The molecule has 3 N–H and O–H groups in total. The topological polar surface area (TPSA) is 55.1 Å². The fourth-order valence-corrected chi connectivity index (χ4v) is 2.52. The fourth-order valence-electron chi connectivity index (χ4n) is 2.31. The van der Waals surface area contributed by atoms with Crippen LogP contribution in [0, 0.1) is 5.92 Å². The van der Waals surface area contributed by atoms with Gasteiger partial charge in [0.05, 0.1) is 5.92 Å². The Balaban J connectivity index is 0.00000264. The largest absolute Gasteiger partial charge is 0.355 e. The van der Waals surface area contributed by atoms with Gasteiger partial charge in [0.15, 0.2) is 0 Å². The predicted molar refractivity (Wildman–Crippen MR) is 97.9 cm³/mol. The van der Waals surface area contributed by atoms with Crippen LogP contribution in [0.4, 0.5) is 0 Å². The Bertz CT molecular complexity index is 619. The third kappa shape index (κ3) is 5.87. The van der Waals surface area contributed by atoms with Crippen molar-refractivity contribution in [3.8, 4) is 0 Å². The van der Waals surface area contributed by atoms with E-state index in [1.807, 2.05) is 61.5 Å². The molecule has 2 rings (SSSR count). The van der Waals surface area contributed by atoms with Gasteiger partial charge in [0.1, 0.15) is 0 Å². The summed E-state index contributed by atoms with van der Waals surface area (Å²) in [5, 5.41) is 3.65. The lowest BCUT2D eigenvalue weighted by atomic mass is 9.94. The average molecular weight is 353 g/mol. The molecule has 0 aliphatic carbocycles. The van der Waals surface area contributed by atoms with E-state index in [2.05, 4.69) is 5.32 Å². The number of nitrogens with one attached hydrogen (secondary N) is 1. The second-order valence-corrected chi connectivity index (χ2v) is 5.83. The first-order valence-electron chi connectivity index (χ1n) is 7.40. The number of hydrogen-bond acceptors (Lipinski definition) is 2. The van der Waals surface area contributed by atoms with E-state index in [0.29, 0.717) is 11.6 Å². The highest BCUT2D eigenvalue weighted by Gasteiger charge is 2.21. The normalized spacial score (nSPS) is 12.8. The Hall–Kier alpha value is -1.55. The molecule has 0 saturated heterocycles. The lowest BCUT2D eigenvalue weighted by Crippen LogP contribution is -2.36. The predicted octanol–water partition coefficient (Wildman–Crippen LogP) is 3.76. The summed E-state index contributed by atoms with van der Waals surface area (Å²) in [6.07, 6.45) is 0.750. The number of nitrogens with two attached hydrogens (primary N) is 1. The van der Waals surface area contributed by atoms with Crippen LogP contribution in [0.1, 0.15) is 24.1 Å². The molecule has 0 bridgehead atoms. The van der Waals surface area contributed by atoms with E-state index in [0.717, 1.165) is 17.5 Å². The van der Waals surface area contributed by atoms with Crippen molar-refractivity contribution in [2.75, 3.05) is 6.54 Å². The second kappa shape index (κ2) is 9.56. The molecule has 0 aliphatic heterocycles. The number of carbonyl (C=O) groups excluding carboxylic acids is 1. The van der Waals surface area contributed by atoms with Gasteiger partial charge in [0, 0.05) is 17.6 Å².